The van der Waals surface area contributed by atoms with Crippen LogP contribution in [0.5, 0.6) is 0 Å². The molecule has 0 bridgehead atoms. The normalized spacial score (nSPS) is 25.8. The van der Waals surface area contributed by atoms with Crippen molar-refractivity contribution in [1.82, 2.24) is 9.88 Å². The van der Waals surface area contributed by atoms with Crippen molar-refractivity contribution >= 4 is 34.7 Å². The van der Waals surface area contributed by atoms with Gasteiger partial charge in [-0.25, -0.2) is 4.79 Å². The van der Waals surface area contributed by atoms with Crippen LogP contribution in [-0.4, -0.2) is 39.7 Å². The van der Waals surface area contributed by atoms with E-state index in [-0.39, 0.29) is 12.1 Å². The van der Waals surface area contributed by atoms with Crippen molar-refractivity contribution in [2.45, 2.75) is 31.4 Å². The largest absolute Gasteiger partial charge is 0.391 e. The molecule has 126 valence electrons. The summed E-state index contributed by atoms with van der Waals surface area (Å²) in [6, 6.07) is 7.29. The number of amides is 2. The van der Waals surface area contributed by atoms with Crippen LogP contribution in [0.2, 0.25) is 4.34 Å². The van der Waals surface area contributed by atoms with Gasteiger partial charge in [0.15, 0.2) is 0 Å². The van der Waals surface area contributed by atoms with Gasteiger partial charge in [0.1, 0.15) is 0 Å². The van der Waals surface area contributed by atoms with Crippen LogP contribution in [0.3, 0.4) is 0 Å². The molecular weight excluding hydrogens is 346 g/mol. The number of nitrogens with zero attached hydrogens (tertiary/aromatic N) is 2. The summed E-state index contributed by atoms with van der Waals surface area (Å²) in [4.78, 5) is 19.7. The molecule has 0 unspecified atom stereocenters. The number of anilines is 1. The Morgan fingerprint density at radius 1 is 1.29 bits per heavy atom. The van der Waals surface area contributed by atoms with E-state index in [0.29, 0.717) is 18.2 Å². The number of aliphatic hydroxyl groups excluding tert-OH is 1. The fourth-order valence-corrected chi connectivity index (χ4v) is 4.79. The Bertz CT molecular complexity index is 749. The Balaban J connectivity index is 1.44. The highest BCUT2D eigenvalue weighted by molar-refractivity contribution is 7.19. The maximum absolute atomic E-state index is 12.5. The number of carbonyl (C=O) groups is 1. The molecule has 2 fully saturated rings. The topological polar surface area (TPSA) is 65.5 Å². The van der Waals surface area contributed by atoms with Gasteiger partial charge in [0.2, 0.25) is 0 Å². The molecule has 4 rings (SSSR count). The monoisotopic (exact) mass is 363 g/mol. The maximum atomic E-state index is 12.5. The second kappa shape index (κ2) is 6.35. The minimum Gasteiger partial charge on any atom is -0.391 e. The lowest BCUT2D eigenvalue weighted by Gasteiger charge is -2.26. The third-order valence-electron chi connectivity index (χ3n) is 4.91. The summed E-state index contributed by atoms with van der Waals surface area (Å²) in [7, 11) is 0. The van der Waals surface area contributed by atoms with Gasteiger partial charge in [0.25, 0.3) is 0 Å². The molecule has 5 nitrogen and oxygen atoms in total. The first-order chi connectivity index (χ1) is 11.6. The molecule has 1 aliphatic carbocycles. The maximum Gasteiger partial charge on any atom is 0.322 e. The second-order valence-corrected chi connectivity index (χ2v) is 8.06. The van der Waals surface area contributed by atoms with Gasteiger partial charge in [-0.1, -0.05) is 11.6 Å². The predicted octanol–water partition coefficient (Wildman–Crippen LogP) is 3.84. The number of urea groups is 1. The Labute approximate surface area is 149 Å². The van der Waals surface area contributed by atoms with Crippen LogP contribution in [0, 0.1) is 5.92 Å². The lowest BCUT2D eigenvalue weighted by atomic mass is 10.0. The third kappa shape index (κ3) is 2.90. The highest BCUT2D eigenvalue weighted by atomic mass is 35.5. The van der Waals surface area contributed by atoms with E-state index in [4.69, 9.17) is 11.6 Å². The molecule has 2 N–H and O–H groups in total. The molecule has 24 heavy (non-hydrogen) atoms. The van der Waals surface area contributed by atoms with Gasteiger partial charge < -0.3 is 15.3 Å². The van der Waals surface area contributed by atoms with E-state index in [2.05, 4.69) is 10.3 Å². The smallest absolute Gasteiger partial charge is 0.322 e. The zero-order valence-electron chi connectivity index (χ0n) is 13.0. The van der Waals surface area contributed by atoms with Crippen LogP contribution in [-0.2, 0) is 0 Å². The van der Waals surface area contributed by atoms with Crippen molar-refractivity contribution in [3.63, 3.8) is 0 Å². The van der Waals surface area contributed by atoms with E-state index in [1.165, 1.54) is 11.3 Å². The van der Waals surface area contributed by atoms with Crippen LogP contribution in [0.1, 0.15) is 19.3 Å². The molecular formula is C17H18ClN3O2S. The van der Waals surface area contributed by atoms with Gasteiger partial charge in [-0.05, 0) is 49.4 Å². The van der Waals surface area contributed by atoms with E-state index < -0.39 is 6.10 Å². The van der Waals surface area contributed by atoms with E-state index in [1.54, 1.807) is 11.1 Å². The number of hydrogen-bond acceptors (Lipinski definition) is 4. The highest BCUT2D eigenvalue weighted by Gasteiger charge is 2.45. The quantitative estimate of drug-likeness (QED) is 0.851. The number of likely N-dealkylation sites (tertiary alicyclic amines) is 1. The molecule has 2 aliphatic rings. The van der Waals surface area contributed by atoms with Crippen LogP contribution in [0.25, 0.3) is 10.6 Å². The average molecular weight is 364 g/mol. The molecule has 2 aromatic rings. The van der Waals surface area contributed by atoms with Crippen LogP contribution < -0.4 is 5.32 Å². The first-order valence-corrected chi connectivity index (χ1v) is 9.29. The van der Waals surface area contributed by atoms with Gasteiger partial charge in [-0.15, -0.1) is 11.3 Å². The predicted molar refractivity (Wildman–Crippen MR) is 95.4 cm³/mol. The van der Waals surface area contributed by atoms with Crippen molar-refractivity contribution in [2.24, 2.45) is 5.92 Å². The molecule has 1 aliphatic heterocycles. The summed E-state index contributed by atoms with van der Waals surface area (Å²) in [5, 5.41) is 13.0. The standard InChI is InChI=1S/C17H18ClN3O2S/c18-15-6-5-14(24-15)12-3-2-11(9-19-12)20-17(23)21-8-7-10-1-4-13(22)16(10)21/h2-3,5-6,9-10,13,16,22H,1,4,7-8H2,(H,20,23)/t10-,13+,16+/m0/s1. The van der Waals surface area contributed by atoms with E-state index in [1.807, 2.05) is 24.3 Å². The Morgan fingerprint density at radius 2 is 2.17 bits per heavy atom. The number of hydrogen-bond donors (Lipinski definition) is 2. The summed E-state index contributed by atoms with van der Waals surface area (Å²) in [5.74, 6) is 0.440. The number of fused-ring (bicyclic) bond motifs is 1. The molecule has 1 saturated heterocycles. The lowest BCUT2D eigenvalue weighted by Crippen LogP contribution is -2.44. The van der Waals surface area contributed by atoms with Gasteiger partial charge in [0.05, 0.1) is 38.9 Å². The molecule has 0 spiro atoms. The summed E-state index contributed by atoms with van der Waals surface area (Å²) < 4.78 is 0.725. The van der Waals surface area contributed by atoms with Crippen LogP contribution >= 0.6 is 22.9 Å². The van der Waals surface area contributed by atoms with Crippen molar-refractivity contribution < 1.29 is 9.90 Å². The molecule has 1 saturated carbocycles. The first kappa shape index (κ1) is 15.9. The number of nitrogens with one attached hydrogen (secondary N) is 1. The molecule has 7 heteroatoms. The zero-order chi connectivity index (χ0) is 16.7. The minimum absolute atomic E-state index is 0.0366. The van der Waals surface area contributed by atoms with Gasteiger partial charge >= 0.3 is 6.03 Å². The summed E-state index contributed by atoms with van der Waals surface area (Å²) in [5.41, 5.74) is 1.49. The zero-order valence-corrected chi connectivity index (χ0v) is 14.6. The van der Waals surface area contributed by atoms with Crippen molar-refractivity contribution in [2.75, 3.05) is 11.9 Å². The van der Waals surface area contributed by atoms with E-state index >= 15 is 0 Å². The number of rotatable bonds is 2. The number of halogens is 1. The molecule has 2 aromatic heterocycles. The lowest BCUT2D eigenvalue weighted by molar-refractivity contribution is 0.101. The average Bonchev–Trinajstić information content (AvgIpc) is 3.27. The van der Waals surface area contributed by atoms with E-state index in [9.17, 15) is 9.90 Å². The van der Waals surface area contributed by atoms with Gasteiger partial charge in [-0.2, -0.15) is 0 Å². The van der Waals surface area contributed by atoms with Crippen LogP contribution in [0.15, 0.2) is 30.5 Å². The molecule has 3 atom stereocenters. The number of thiophene rings is 1. The molecule has 2 amide bonds. The number of carbonyl (C=O) groups excluding carboxylic acids is 1. The molecule has 0 radical (unpaired) electrons. The summed E-state index contributed by atoms with van der Waals surface area (Å²) >= 11 is 7.42. The Kier molecular flexibility index (Phi) is 4.20. The molecule has 0 aromatic carbocycles. The highest BCUT2D eigenvalue weighted by Crippen LogP contribution is 2.38. The van der Waals surface area contributed by atoms with Gasteiger partial charge in [0, 0.05) is 6.54 Å². The first-order valence-electron chi connectivity index (χ1n) is 8.09. The van der Waals surface area contributed by atoms with Crippen molar-refractivity contribution in [3.8, 4) is 10.6 Å². The fourth-order valence-electron chi connectivity index (χ4n) is 3.77. The molecule has 3 heterocycles. The number of aliphatic hydroxyl groups is 1. The summed E-state index contributed by atoms with van der Waals surface area (Å²) in [6.45, 7) is 0.706. The Morgan fingerprint density at radius 3 is 2.88 bits per heavy atom. The fraction of sp³-hybridized carbons (Fsp3) is 0.412. The second-order valence-electron chi connectivity index (χ2n) is 6.34. The Hall–Kier alpha value is -1.63. The SMILES string of the molecule is O=C(Nc1ccc(-c2ccc(Cl)s2)nc1)N1CC[C@@H]2CC[C@@H](O)[C@@H]21. The van der Waals surface area contributed by atoms with Crippen molar-refractivity contribution in [3.05, 3.63) is 34.8 Å². The van der Waals surface area contributed by atoms with Crippen molar-refractivity contribution in [1.29, 1.82) is 0 Å². The van der Waals surface area contributed by atoms with Gasteiger partial charge in [-0.3, -0.25) is 4.98 Å². The minimum atomic E-state index is -0.396. The number of aromatic nitrogens is 1. The van der Waals surface area contributed by atoms with E-state index in [0.717, 1.165) is 34.2 Å². The third-order valence-corrected chi connectivity index (χ3v) is 6.17. The number of pyridine rings is 1. The van der Waals surface area contributed by atoms with Crippen LogP contribution in [0.4, 0.5) is 10.5 Å². The summed E-state index contributed by atoms with van der Waals surface area (Å²) in [6.07, 6.45) is 4.03.